The van der Waals surface area contributed by atoms with E-state index in [2.05, 4.69) is 16.5 Å². The van der Waals surface area contributed by atoms with Gasteiger partial charge < -0.3 is 10.2 Å². The predicted molar refractivity (Wildman–Crippen MR) is 119 cm³/mol. The van der Waals surface area contributed by atoms with Crippen LogP contribution >= 0.6 is 11.3 Å². The van der Waals surface area contributed by atoms with Crippen LogP contribution in [0.5, 0.6) is 0 Å². The summed E-state index contributed by atoms with van der Waals surface area (Å²) in [6, 6.07) is 10.0. The molecule has 1 amide bonds. The summed E-state index contributed by atoms with van der Waals surface area (Å²) in [5.41, 5.74) is 4.26. The first kappa shape index (κ1) is 19.6. The van der Waals surface area contributed by atoms with Crippen molar-refractivity contribution in [3.8, 4) is 5.69 Å². The number of hydrogen-bond acceptors (Lipinski definition) is 5. The average Bonchev–Trinajstić information content (AvgIpc) is 3.30. The van der Waals surface area contributed by atoms with Crippen LogP contribution in [0.4, 0.5) is 5.13 Å². The molecule has 152 valence electrons. The monoisotopic (exact) mass is 409 g/mol. The lowest BCUT2D eigenvalue weighted by atomic mass is 9.97. The van der Waals surface area contributed by atoms with Crippen molar-refractivity contribution in [1.82, 2.24) is 20.1 Å². The third-order valence-corrected chi connectivity index (χ3v) is 6.51. The number of amides is 1. The van der Waals surface area contributed by atoms with Gasteiger partial charge >= 0.3 is 0 Å². The second-order valence-electron chi connectivity index (χ2n) is 7.55. The second-order valence-corrected chi connectivity index (χ2v) is 8.52. The van der Waals surface area contributed by atoms with Crippen molar-refractivity contribution in [1.29, 1.82) is 0 Å². The van der Waals surface area contributed by atoms with Crippen molar-refractivity contribution >= 4 is 32.7 Å². The number of rotatable bonds is 7. The molecule has 0 fully saturated rings. The van der Waals surface area contributed by atoms with E-state index in [4.69, 9.17) is 4.98 Å². The van der Waals surface area contributed by atoms with Crippen LogP contribution in [-0.2, 0) is 4.79 Å². The summed E-state index contributed by atoms with van der Waals surface area (Å²) < 4.78 is 2.93. The van der Waals surface area contributed by atoms with Crippen molar-refractivity contribution in [2.24, 2.45) is 0 Å². The Labute approximate surface area is 175 Å². The molecule has 0 atom stereocenters. The molecule has 1 N–H and O–H groups in total. The number of carbonyl (C=O) groups excluding carboxylic acids is 1. The zero-order chi connectivity index (χ0) is 20.2. The van der Waals surface area contributed by atoms with E-state index < -0.39 is 0 Å². The molecule has 1 aliphatic carbocycles. The summed E-state index contributed by atoms with van der Waals surface area (Å²) in [5.74, 6) is 0.0320. The number of allylic oxidation sites excluding steroid dienone is 1. The molecule has 4 rings (SSSR count). The molecule has 7 heteroatoms. The van der Waals surface area contributed by atoms with Gasteiger partial charge in [0.05, 0.1) is 22.6 Å². The molecule has 0 spiro atoms. The highest BCUT2D eigenvalue weighted by Crippen LogP contribution is 2.31. The molecule has 1 aliphatic rings. The van der Waals surface area contributed by atoms with Gasteiger partial charge in [-0.3, -0.25) is 4.79 Å². The SMILES string of the molecule is Cc1nn(-c2ccccc2)c2nc(N(C)CC(=O)NCCC3=CCCCC3)sc12. The van der Waals surface area contributed by atoms with Crippen molar-refractivity contribution in [2.45, 2.75) is 39.0 Å². The van der Waals surface area contributed by atoms with E-state index >= 15 is 0 Å². The van der Waals surface area contributed by atoms with E-state index in [1.54, 1.807) is 11.3 Å². The fraction of sp³-hybridized carbons (Fsp3) is 0.409. The van der Waals surface area contributed by atoms with Crippen LogP contribution in [-0.4, -0.2) is 40.8 Å². The normalized spacial score (nSPS) is 14.1. The highest BCUT2D eigenvalue weighted by Gasteiger charge is 2.18. The van der Waals surface area contributed by atoms with Gasteiger partial charge in [-0.2, -0.15) is 10.1 Å². The average molecular weight is 410 g/mol. The van der Waals surface area contributed by atoms with Gasteiger partial charge in [-0.05, 0) is 51.2 Å². The van der Waals surface area contributed by atoms with Crippen LogP contribution < -0.4 is 10.2 Å². The van der Waals surface area contributed by atoms with Gasteiger partial charge in [0, 0.05) is 13.6 Å². The lowest BCUT2D eigenvalue weighted by Crippen LogP contribution is -2.35. The lowest BCUT2D eigenvalue weighted by molar-refractivity contribution is -0.119. The van der Waals surface area contributed by atoms with Crippen LogP contribution in [0.25, 0.3) is 16.0 Å². The summed E-state index contributed by atoms with van der Waals surface area (Å²) in [6.07, 6.45) is 8.23. The lowest BCUT2D eigenvalue weighted by Gasteiger charge is -2.16. The number of aryl methyl sites for hydroxylation is 1. The van der Waals surface area contributed by atoms with Crippen molar-refractivity contribution in [2.75, 3.05) is 25.0 Å². The minimum Gasteiger partial charge on any atom is -0.354 e. The largest absolute Gasteiger partial charge is 0.354 e. The number of fused-ring (bicyclic) bond motifs is 1. The van der Waals surface area contributed by atoms with E-state index in [0.29, 0.717) is 13.1 Å². The van der Waals surface area contributed by atoms with Crippen LogP contribution in [0, 0.1) is 6.92 Å². The van der Waals surface area contributed by atoms with Gasteiger partial charge in [-0.25, -0.2) is 4.68 Å². The van der Waals surface area contributed by atoms with Crippen molar-refractivity contribution in [3.05, 3.63) is 47.7 Å². The maximum absolute atomic E-state index is 12.4. The van der Waals surface area contributed by atoms with Gasteiger partial charge in [0.1, 0.15) is 0 Å². The zero-order valence-corrected chi connectivity index (χ0v) is 17.8. The minimum absolute atomic E-state index is 0.0320. The molecule has 0 radical (unpaired) electrons. The summed E-state index contributed by atoms with van der Waals surface area (Å²) in [7, 11) is 1.91. The standard InChI is InChI=1S/C22H27N5OS/c1-16-20-21(27(25-16)18-11-7-4-8-12-18)24-22(29-20)26(2)15-19(28)23-14-13-17-9-5-3-6-10-17/h4,7-9,11-12H,3,5-6,10,13-15H2,1-2H3,(H,23,28). The number of hydrogen-bond donors (Lipinski definition) is 1. The smallest absolute Gasteiger partial charge is 0.239 e. The zero-order valence-electron chi connectivity index (χ0n) is 17.0. The Bertz CT molecular complexity index is 1020. The molecule has 0 saturated carbocycles. The molecule has 0 unspecified atom stereocenters. The number of para-hydroxylation sites is 1. The molecule has 0 aliphatic heterocycles. The molecule has 0 saturated heterocycles. The van der Waals surface area contributed by atoms with Gasteiger partial charge in [-0.1, -0.05) is 41.2 Å². The maximum atomic E-state index is 12.4. The quantitative estimate of drug-likeness (QED) is 0.593. The fourth-order valence-corrected chi connectivity index (χ4v) is 4.62. The van der Waals surface area contributed by atoms with E-state index in [9.17, 15) is 4.79 Å². The van der Waals surface area contributed by atoms with E-state index in [-0.39, 0.29) is 5.91 Å². The van der Waals surface area contributed by atoms with E-state index in [1.165, 1.54) is 31.3 Å². The molecule has 1 aromatic carbocycles. The Balaban J connectivity index is 1.40. The minimum atomic E-state index is 0.0320. The number of anilines is 1. The summed E-state index contributed by atoms with van der Waals surface area (Å²) >= 11 is 1.58. The Morgan fingerprint density at radius 2 is 2.10 bits per heavy atom. The van der Waals surface area contributed by atoms with Crippen molar-refractivity contribution < 1.29 is 4.79 Å². The summed E-state index contributed by atoms with van der Waals surface area (Å²) in [4.78, 5) is 19.0. The topological polar surface area (TPSA) is 63.1 Å². The first-order valence-electron chi connectivity index (χ1n) is 10.2. The molecular formula is C22H27N5OS. The molecule has 3 aromatic rings. The molecule has 2 heterocycles. The maximum Gasteiger partial charge on any atom is 0.239 e. The second kappa shape index (κ2) is 8.78. The highest BCUT2D eigenvalue weighted by atomic mass is 32.1. The molecule has 0 bridgehead atoms. The Hall–Kier alpha value is -2.67. The van der Waals surface area contributed by atoms with Gasteiger partial charge in [0.15, 0.2) is 10.8 Å². The van der Waals surface area contributed by atoms with Crippen molar-refractivity contribution in [3.63, 3.8) is 0 Å². The van der Waals surface area contributed by atoms with Gasteiger partial charge in [0.25, 0.3) is 0 Å². The summed E-state index contributed by atoms with van der Waals surface area (Å²) in [6.45, 7) is 3.00. The Kier molecular flexibility index (Phi) is 5.94. The Morgan fingerprint density at radius 3 is 2.86 bits per heavy atom. The molecular weight excluding hydrogens is 382 g/mol. The van der Waals surface area contributed by atoms with Gasteiger partial charge in [-0.15, -0.1) is 0 Å². The van der Waals surface area contributed by atoms with Gasteiger partial charge in [0.2, 0.25) is 5.91 Å². The fourth-order valence-electron chi connectivity index (χ4n) is 3.67. The molecule has 29 heavy (non-hydrogen) atoms. The summed E-state index contributed by atoms with van der Waals surface area (Å²) in [5, 5.41) is 8.50. The number of nitrogens with one attached hydrogen (secondary N) is 1. The first-order valence-corrected chi connectivity index (χ1v) is 11.0. The van der Waals surface area contributed by atoms with Crippen LogP contribution in [0.2, 0.25) is 0 Å². The Morgan fingerprint density at radius 1 is 1.28 bits per heavy atom. The van der Waals surface area contributed by atoms with Crippen LogP contribution in [0.15, 0.2) is 42.0 Å². The van der Waals surface area contributed by atoms with E-state index in [0.717, 1.165) is 33.3 Å². The number of benzene rings is 1. The number of carbonyl (C=O) groups is 1. The predicted octanol–water partition coefficient (Wildman–Crippen LogP) is 4.23. The number of aromatic nitrogens is 3. The van der Waals surface area contributed by atoms with Crippen LogP contribution in [0.3, 0.4) is 0 Å². The highest BCUT2D eigenvalue weighted by molar-refractivity contribution is 7.22. The first-order chi connectivity index (χ1) is 14.1. The number of likely N-dealkylation sites (N-methyl/N-ethyl adjacent to an activating group) is 1. The number of nitrogens with zero attached hydrogens (tertiary/aromatic N) is 4. The van der Waals surface area contributed by atoms with Crippen LogP contribution in [0.1, 0.15) is 37.8 Å². The number of thiazole rings is 1. The molecule has 6 nitrogen and oxygen atoms in total. The third-order valence-electron chi connectivity index (χ3n) is 5.24. The molecule has 2 aromatic heterocycles. The van der Waals surface area contributed by atoms with E-state index in [1.807, 2.05) is 53.9 Å². The third kappa shape index (κ3) is 4.50.